The van der Waals surface area contributed by atoms with Crippen LogP contribution in [0.2, 0.25) is 5.02 Å². The molecular formula is C22H24ClF3N2O2. The van der Waals surface area contributed by atoms with E-state index in [9.17, 15) is 18.0 Å². The van der Waals surface area contributed by atoms with Crippen LogP contribution >= 0.6 is 11.6 Å². The van der Waals surface area contributed by atoms with Crippen LogP contribution in [0.25, 0.3) is 0 Å². The number of piperazine rings is 1. The minimum Gasteiger partial charge on any atom is -0.481 e. The maximum Gasteiger partial charge on any atom is 0.416 e. The third kappa shape index (κ3) is 5.01. The number of rotatable bonds is 4. The van der Waals surface area contributed by atoms with Gasteiger partial charge in [-0.3, -0.25) is 4.79 Å². The van der Waals surface area contributed by atoms with Crippen LogP contribution in [-0.2, 0) is 11.0 Å². The van der Waals surface area contributed by atoms with E-state index in [1.807, 2.05) is 18.7 Å². The molecule has 0 saturated carbocycles. The lowest BCUT2D eigenvalue weighted by Gasteiger charge is -2.37. The van der Waals surface area contributed by atoms with Gasteiger partial charge in [0.25, 0.3) is 5.91 Å². The highest BCUT2D eigenvalue weighted by molar-refractivity contribution is 6.32. The highest BCUT2D eigenvalue weighted by atomic mass is 35.5. The Morgan fingerprint density at radius 1 is 1.07 bits per heavy atom. The van der Waals surface area contributed by atoms with Crippen molar-refractivity contribution in [1.29, 1.82) is 0 Å². The zero-order valence-electron chi connectivity index (χ0n) is 17.1. The second kappa shape index (κ2) is 8.76. The number of carbonyl (C=O) groups excluding carboxylic acids is 1. The number of hydrogen-bond acceptors (Lipinski definition) is 3. The van der Waals surface area contributed by atoms with Gasteiger partial charge in [-0.15, -0.1) is 0 Å². The summed E-state index contributed by atoms with van der Waals surface area (Å²) >= 11 is 6.17. The number of anilines is 1. The number of amides is 1. The van der Waals surface area contributed by atoms with Crippen molar-refractivity contribution in [2.45, 2.75) is 33.1 Å². The van der Waals surface area contributed by atoms with E-state index < -0.39 is 17.8 Å². The molecule has 0 radical (unpaired) electrons. The average molecular weight is 441 g/mol. The van der Waals surface area contributed by atoms with Crippen LogP contribution in [0, 0.1) is 13.8 Å². The molecule has 1 aliphatic rings. The van der Waals surface area contributed by atoms with Crippen LogP contribution in [0.15, 0.2) is 36.4 Å². The first kappa shape index (κ1) is 22.3. The predicted molar refractivity (Wildman–Crippen MR) is 111 cm³/mol. The second-order valence-electron chi connectivity index (χ2n) is 7.49. The molecule has 1 fully saturated rings. The summed E-state index contributed by atoms with van der Waals surface area (Å²) in [6, 6.07) is 8.86. The zero-order valence-corrected chi connectivity index (χ0v) is 17.8. The van der Waals surface area contributed by atoms with Crippen molar-refractivity contribution < 1.29 is 22.7 Å². The molecule has 0 spiro atoms. The van der Waals surface area contributed by atoms with Crippen molar-refractivity contribution in [3.8, 4) is 5.75 Å². The third-order valence-corrected chi connectivity index (χ3v) is 5.80. The molecule has 0 bridgehead atoms. The van der Waals surface area contributed by atoms with Gasteiger partial charge in [0.2, 0.25) is 0 Å². The molecule has 162 valence electrons. The van der Waals surface area contributed by atoms with Gasteiger partial charge >= 0.3 is 6.18 Å². The molecule has 0 aliphatic carbocycles. The molecule has 1 amide bonds. The van der Waals surface area contributed by atoms with Crippen molar-refractivity contribution in [2.24, 2.45) is 0 Å². The molecule has 8 heteroatoms. The molecule has 2 aromatic carbocycles. The van der Waals surface area contributed by atoms with Gasteiger partial charge in [-0.2, -0.15) is 13.2 Å². The van der Waals surface area contributed by atoms with Crippen molar-refractivity contribution in [2.75, 3.05) is 31.1 Å². The van der Waals surface area contributed by atoms with Gasteiger partial charge in [-0.25, -0.2) is 0 Å². The van der Waals surface area contributed by atoms with Gasteiger partial charge in [-0.1, -0.05) is 17.7 Å². The van der Waals surface area contributed by atoms with Crippen LogP contribution in [-0.4, -0.2) is 43.1 Å². The number of ether oxygens (including phenoxy) is 1. The summed E-state index contributed by atoms with van der Waals surface area (Å²) in [6.07, 6.45) is -5.05. The Morgan fingerprint density at radius 2 is 1.67 bits per heavy atom. The predicted octanol–water partition coefficient (Wildman–Crippen LogP) is 5.09. The van der Waals surface area contributed by atoms with Crippen LogP contribution in [0.5, 0.6) is 5.75 Å². The van der Waals surface area contributed by atoms with Gasteiger partial charge in [-0.05, 0) is 62.2 Å². The molecule has 4 nitrogen and oxygen atoms in total. The van der Waals surface area contributed by atoms with Crippen LogP contribution in [0.4, 0.5) is 18.9 Å². The number of carbonyl (C=O) groups is 1. The summed E-state index contributed by atoms with van der Waals surface area (Å²) in [5, 5.41) is 0.673. The standard InChI is InChI=1S/C22H24ClF3N2O2/c1-14-11-19(12-15(2)20(14)23)30-16(3)21(29)28-9-7-27(8-10-28)18-6-4-5-17(13-18)22(24,25)26/h4-6,11-13,16H,7-10H2,1-3H3/t16-/m1/s1. The van der Waals surface area contributed by atoms with E-state index in [-0.39, 0.29) is 5.91 Å². The normalized spacial score (nSPS) is 15.8. The van der Waals surface area contributed by atoms with Crippen molar-refractivity contribution in [3.05, 3.63) is 58.1 Å². The summed E-state index contributed by atoms with van der Waals surface area (Å²) in [7, 11) is 0. The first-order chi connectivity index (χ1) is 14.1. The second-order valence-corrected chi connectivity index (χ2v) is 7.87. The highest BCUT2D eigenvalue weighted by Crippen LogP contribution is 2.32. The maximum atomic E-state index is 13.0. The van der Waals surface area contributed by atoms with E-state index in [1.54, 1.807) is 30.0 Å². The lowest BCUT2D eigenvalue weighted by molar-refractivity contribution is -0.138. The molecule has 1 saturated heterocycles. The average Bonchev–Trinajstić information content (AvgIpc) is 2.71. The molecule has 1 heterocycles. The Morgan fingerprint density at radius 3 is 2.23 bits per heavy atom. The van der Waals surface area contributed by atoms with E-state index in [2.05, 4.69) is 0 Å². The molecule has 1 aliphatic heterocycles. The SMILES string of the molecule is Cc1cc(O[C@H](C)C(=O)N2CCN(c3cccc(C(F)(F)F)c3)CC2)cc(C)c1Cl. The molecule has 30 heavy (non-hydrogen) atoms. The molecule has 0 aromatic heterocycles. The van der Waals surface area contributed by atoms with Gasteiger partial charge in [0.1, 0.15) is 5.75 Å². The number of aryl methyl sites for hydroxylation is 2. The number of benzene rings is 2. The minimum atomic E-state index is -4.38. The van der Waals surface area contributed by atoms with Gasteiger partial charge in [0.15, 0.2) is 6.10 Å². The number of alkyl halides is 3. The minimum absolute atomic E-state index is 0.149. The van der Waals surface area contributed by atoms with E-state index in [0.717, 1.165) is 23.3 Å². The third-order valence-electron chi connectivity index (χ3n) is 5.20. The fourth-order valence-corrected chi connectivity index (χ4v) is 3.66. The summed E-state index contributed by atoms with van der Waals surface area (Å²) < 4.78 is 44.7. The van der Waals surface area contributed by atoms with Crippen molar-refractivity contribution in [1.82, 2.24) is 4.90 Å². The van der Waals surface area contributed by atoms with Crippen LogP contribution < -0.4 is 9.64 Å². The number of nitrogens with zero attached hydrogens (tertiary/aromatic N) is 2. The Hall–Kier alpha value is -2.41. The summed E-state index contributed by atoms with van der Waals surface area (Å²) in [4.78, 5) is 16.3. The van der Waals surface area contributed by atoms with Gasteiger partial charge in [0, 0.05) is 36.9 Å². The van der Waals surface area contributed by atoms with Crippen LogP contribution in [0.3, 0.4) is 0 Å². The fourth-order valence-electron chi connectivity index (χ4n) is 3.55. The van der Waals surface area contributed by atoms with E-state index in [4.69, 9.17) is 16.3 Å². The highest BCUT2D eigenvalue weighted by Gasteiger charge is 2.31. The molecule has 0 N–H and O–H groups in total. The first-order valence-electron chi connectivity index (χ1n) is 9.70. The van der Waals surface area contributed by atoms with Gasteiger partial charge < -0.3 is 14.5 Å². The smallest absolute Gasteiger partial charge is 0.416 e. The fraction of sp³-hybridized carbons (Fsp3) is 0.409. The Kier molecular flexibility index (Phi) is 6.50. The summed E-state index contributed by atoms with van der Waals surface area (Å²) in [6.45, 7) is 7.20. The van der Waals surface area contributed by atoms with E-state index in [0.29, 0.717) is 42.6 Å². The maximum absolute atomic E-state index is 13.0. The quantitative estimate of drug-likeness (QED) is 0.663. The Bertz CT molecular complexity index is 902. The monoisotopic (exact) mass is 440 g/mol. The zero-order chi connectivity index (χ0) is 22.1. The topological polar surface area (TPSA) is 32.8 Å². The van der Waals surface area contributed by atoms with Crippen LogP contribution in [0.1, 0.15) is 23.6 Å². The number of halogens is 4. The van der Waals surface area contributed by atoms with Crippen molar-refractivity contribution in [3.63, 3.8) is 0 Å². The van der Waals surface area contributed by atoms with Crippen molar-refractivity contribution >= 4 is 23.2 Å². The van der Waals surface area contributed by atoms with Gasteiger partial charge in [0.05, 0.1) is 5.56 Å². The molecule has 3 rings (SSSR count). The Labute approximate surface area is 179 Å². The van der Waals surface area contributed by atoms with E-state index >= 15 is 0 Å². The molecule has 2 aromatic rings. The lowest BCUT2D eigenvalue weighted by Crippen LogP contribution is -2.52. The lowest BCUT2D eigenvalue weighted by atomic mass is 10.1. The molecule has 0 unspecified atom stereocenters. The first-order valence-corrected chi connectivity index (χ1v) is 10.1. The number of hydrogen-bond donors (Lipinski definition) is 0. The van der Waals surface area contributed by atoms with E-state index in [1.165, 1.54) is 6.07 Å². The Balaban J connectivity index is 1.60. The summed E-state index contributed by atoms with van der Waals surface area (Å²) in [5.74, 6) is 0.432. The largest absolute Gasteiger partial charge is 0.481 e. The molecule has 1 atom stereocenters. The molecular weight excluding hydrogens is 417 g/mol. The summed E-state index contributed by atoms with van der Waals surface area (Å²) in [5.41, 5.74) is 1.59.